The summed E-state index contributed by atoms with van der Waals surface area (Å²) in [7, 11) is 0. The molecule has 0 radical (unpaired) electrons. The molecular formula is C16H13N3O2. The van der Waals surface area contributed by atoms with Crippen LogP contribution in [0.25, 0.3) is 0 Å². The summed E-state index contributed by atoms with van der Waals surface area (Å²) in [6.45, 7) is 0. The summed E-state index contributed by atoms with van der Waals surface area (Å²) in [6, 6.07) is 16.7. The first-order valence-corrected chi connectivity index (χ1v) is 6.45. The van der Waals surface area contributed by atoms with Gasteiger partial charge in [-0.25, -0.2) is 4.98 Å². The molecule has 5 heteroatoms. The maximum absolute atomic E-state index is 11.8. The molecule has 2 aromatic carbocycles. The Morgan fingerprint density at radius 3 is 2.38 bits per heavy atom. The molecule has 104 valence electrons. The van der Waals surface area contributed by atoms with Crippen LogP contribution in [0.5, 0.6) is 11.5 Å². The molecule has 1 aromatic heterocycles. The van der Waals surface area contributed by atoms with Gasteiger partial charge in [0.05, 0.1) is 0 Å². The topological polar surface area (TPSA) is 67.0 Å². The van der Waals surface area contributed by atoms with Gasteiger partial charge in [0.15, 0.2) is 5.82 Å². The van der Waals surface area contributed by atoms with Crippen molar-refractivity contribution in [2.24, 2.45) is 0 Å². The number of para-hydroxylation sites is 1. The minimum atomic E-state index is -0.281. The Hall–Kier alpha value is -3.08. The molecule has 21 heavy (non-hydrogen) atoms. The molecule has 0 bridgehead atoms. The van der Waals surface area contributed by atoms with E-state index in [4.69, 9.17) is 4.74 Å². The van der Waals surface area contributed by atoms with Crippen LogP contribution in [-0.2, 0) is 0 Å². The van der Waals surface area contributed by atoms with E-state index in [1.807, 2.05) is 30.3 Å². The lowest BCUT2D eigenvalue weighted by atomic mass is 10.3. The SMILES string of the molecule is O=C(Nc1ccc(Oc2ccccc2)cc1)c1ncc[nH]1. The van der Waals surface area contributed by atoms with Crippen molar-refractivity contribution in [1.82, 2.24) is 9.97 Å². The van der Waals surface area contributed by atoms with Gasteiger partial charge in [-0.2, -0.15) is 0 Å². The van der Waals surface area contributed by atoms with E-state index in [0.717, 1.165) is 5.75 Å². The predicted molar refractivity (Wildman–Crippen MR) is 79.5 cm³/mol. The lowest BCUT2D eigenvalue weighted by molar-refractivity contribution is 0.101. The summed E-state index contributed by atoms with van der Waals surface area (Å²) < 4.78 is 5.68. The molecule has 2 N–H and O–H groups in total. The van der Waals surface area contributed by atoms with Gasteiger partial charge >= 0.3 is 0 Å². The van der Waals surface area contributed by atoms with E-state index in [1.54, 1.807) is 30.5 Å². The highest BCUT2D eigenvalue weighted by atomic mass is 16.5. The second kappa shape index (κ2) is 5.92. The van der Waals surface area contributed by atoms with Gasteiger partial charge in [0.25, 0.3) is 5.91 Å². The molecule has 0 aliphatic heterocycles. The predicted octanol–water partition coefficient (Wildman–Crippen LogP) is 3.45. The molecule has 0 saturated heterocycles. The number of H-pyrrole nitrogens is 1. The van der Waals surface area contributed by atoms with Crippen LogP contribution in [0.2, 0.25) is 0 Å². The Bertz CT molecular complexity index is 707. The summed E-state index contributed by atoms with van der Waals surface area (Å²) in [5, 5.41) is 2.75. The number of hydrogen-bond acceptors (Lipinski definition) is 3. The first-order valence-electron chi connectivity index (χ1n) is 6.45. The molecule has 0 aliphatic carbocycles. The molecule has 3 rings (SSSR count). The largest absolute Gasteiger partial charge is 0.457 e. The standard InChI is InChI=1S/C16H13N3O2/c20-16(15-17-10-11-18-15)19-12-6-8-14(9-7-12)21-13-4-2-1-3-5-13/h1-11H,(H,17,18)(H,19,20). The number of rotatable bonds is 4. The number of benzene rings is 2. The maximum Gasteiger partial charge on any atom is 0.291 e. The molecular weight excluding hydrogens is 266 g/mol. The van der Waals surface area contributed by atoms with Crippen LogP contribution in [0.3, 0.4) is 0 Å². The number of carbonyl (C=O) groups excluding carboxylic acids is 1. The number of nitrogens with one attached hydrogen (secondary N) is 2. The third kappa shape index (κ3) is 3.27. The van der Waals surface area contributed by atoms with Crippen molar-refractivity contribution in [3.05, 3.63) is 72.8 Å². The van der Waals surface area contributed by atoms with Gasteiger partial charge in [0, 0.05) is 18.1 Å². The van der Waals surface area contributed by atoms with Gasteiger partial charge in [-0.1, -0.05) is 18.2 Å². The van der Waals surface area contributed by atoms with Gasteiger partial charge in [-0.15, -0.1) is 0 Å². The van der Waals surface area contributed by atoms with Gasteiger partial charge in [0.2, 0.25) is 0 Å². The lowest BCUT2D eigenvalue weighted by Gasteiger charge is -2.07. The van der Waals surface area contributed by atoms with Gasteiger partial charge in [-0.05, 0) is 36.4 Å². The Kier molecular flexibility index (Phi) is 3.64. The van der Waals surface area contributed by atoms with Crippen molar-refractivity contribution in [2.75, 3.05) is 5.32 Å². The monoisotopic (exact) mass is 279 g/mol. The number of carbonyl (C=O) groups is 1. The molecule has 1 heterocycles. The first kappa shape index (κ1) is 12.9. The number of hydrogen-bond donors (Lipinski definition) is 2. The average Bonchev–Trinajstić information content (AvgIpc) is 3.05. The van der Waals surface area contributed by atoms with E-state index in [2.05, 4.69) is 15.3 Å². The minimum absolute atomic E-state index is 0.277. The van der Waals surface area contributed by atoms with Crippen molar-refractivity contribution in [3.8, 4) is 11.5 Å². The average molecular weight is 279 g/mol. The van der Waals surface area contributed by atoms with Gasteiger partial charge in [-0.3, -0.25) is 4.79 Å². The molecule has 0 spiro atoms. The Labute approximate surface area is 121 Å². The van der Waals surface area contributed by atoms with E-state index < -0.39 is 0 Å². The molecule has 0 fully saturated rings. The molecule has 0 unspecified atom stereocenters. The summed E-state index contributed by atoms with van der Waals surface area (Å²) in [5.41, 5.74) is 0.678. The zero-order chi connectivity index (χ0) is 14.5. The fourth-order valence-electron chi connectivity index (χ4n) is 1.81. The zero-order valence-electron chi connectivity index (χ0n) is 11.1. The van der Waals surface area contributed by atoms with Crippen molar-refractivity contribution < 1.29 is 9.53 Å². The van der Waals surface area contributed by atoms with Crippen LogP contribution < -0.4 is 10.1 Å². The highest BCUT2D eigenvalue weighted by Crippen LogP contribution is 2.22. The zero-order valence-corrected chi connectivity index (χ0v) is 11.1. The van der Waals surface area contributed by atoms with E-state index in [1.165, 1.54) is 6.20 Å². The quantitative estimate of drug-likeness (QED) is 0.768. The molecule has 0 aliphatic rings. The third-order valence-electron chi connectivity index (χ3n) is 2.80. The lowest BCUT2D eigenvalue weighted by Crippen LogP contribution is -2.13. The summed E-state index contributed by atoms with van der Waals surface area (Å²) >= 11 is 0. The smallest absolute Gasteiger partial charge is 0.291 e. The van der Waals surface area contributed by atoms with Crippen molar-refractivity contribution in [1.29, 1.82) is 0 Å². The number of ether oxygens (including phenoxy) is 1. The van der Waals surface area contributed by atoms with E-state index >= 15 is 0 Å². The van der Waals surface area contributed by atoms with Crippen molar-refractivity contribution in [3.63, 3.8) is 0 Å². The summed E-state index contributed by atoms with van der Waals surface area (Å²) in [5.74, 6) is 1.47. The molecule has 1 amide bonds. The van der Waals surface area contributed by atoms with Gasteiger partial charge in [0.1, 0.15) is 11.5 Å². The van der Waals surface area contributed by atoms with E-state index in [-0.39, 0.29) is 11.7 Å². The van der Waals surface area contributed by atoms with Crippen LogP contribution in [0.15, 0.2) is 67.0 Å². The van der Waals surface area contributed by atoms with Crippen LogP contribution in [0, 0.1) is 0 Å². The molecule has 3 aromatic rings. The Morgan fingerprint density at radius 2 is 1.71 bits per heavy atom. The van der Waals surface area contributed by atoms with Crippen molar-refractivity contribution >= 4 is 11.6 Å². The minimum Gasteiger partial charge on any atom is -0.457 e. The number of aromatic amines is 1. The highest BCUT2D eigenvalue weighted by Gasteiger charge is 2.07. The second-order valence-electron chi connectivity index (χ2n) is 4.33. The summed E-state index contributed by atoms with van der Waals surface area (Å²) in [6.07, 6.45) is 3.14. The number of amides is 1. The van der Waals surface area contributed by atoms with Crippen LogP contribution in [-0.4, -0.2) is 15.9 Å². The van der Waals surface area contributed by atoms with Gasteiger partial charge < -0.3 is 15.0 Å². The Morgan fingerprint density at radius 1 is 1.00 bits per heavy atom. The van der Waals surface area contributed by atoms with Crippen LogP contribution >= 0.6 is 0 Å². The van der Waals surface area contributed by atoms with Crippen LogP contribution in [0.4, 0.5) is 5.69 Å². The number of nitrogens with zero attached hydrogens (tertiary/aromatic N) is 1. The normalized spacial score (nSPS) is 10.1. The molecule has 5 nitrogen and oxygen atoms in total. The van der Waals surface area contributed by atoms with E-state index in [0.29, 0.717) is 11.4 Å². The maximum atomic E-state index is 11.8. The third-order valence-corrected chi connectivity index (χ3v) is 2.80. The first-order chi connectivity index (χ1) is 10.3. The van der Waals surface area contributed by atoms with E-state index in [9.17, 15) is 4.79 Å². The fraction of sp³-hybridized carbons (Fsp3) is 0. The number of imidazole rings is 1. The number of aromatic nitrogens is 2. The second-order valence-corrected chi connectivity index (χ2v) is 4.33. The highest BCUT2D eigenvalue weighted by molar-refractivity contribution is 6.01. The molecule has 0 atom stereocenters. The molecule has 0 saturated carbocycles. The van der Waals surface area contributed by atoms with Crippen molar-refractivity contribution in [2.45, 2.75) is 0 Å². The summed E-state index contributed by atoms with van der Waals surface area (Å²) in [4.78, 5) is 18.5. The fourth-order valence-corrected chi connectivity index (χ4v) is 1.81. The Balaban J connectivity index is 1.65. The number of anilines is 1. The van der Waals surface area contributed by atoms with Crippen LogP contribution in [0.1, 0.15) is 10.6 Å².